The Kier molecular flexibility index (Phi) is 5.09. The number of aromatic nitrogens is 2. The number of benzene rings is 2. The minimum atomic E-state index is -0.382. The van der Waals surface area contributed by atoms with Gasteiger partial charge in [-0.2, -0.15) is 0 Å². The first-order chi connectivity index (χ1) is 12.5. The molecule has 0 bridgehead atoms. The van der Waals surface area contributed by atoms with Crippen molar-refractivity contribution in [1.82, 2.24) is 9.97 Å². The molecule has 0 radical (unpaired) electrons. The minimum absolute atomic E-state index is 0.222. The van der Waals surface area contributed by atoms with Crippen LogP contribution < -0.4 is 5.32 Å². The van der Waals surface area contributed by atoms with E-state index in [1.807, 2.05) is 6.07 Å². The third-order valence-electron chi connectivity index (χ3n) is 3.85. The van der Waals surface area contributed by atoms with E-state index in [9.17, 15) is 9.59 Å². The summed E-state index contributed by atoms with van der Waals surface area (Å²) in [4.78, 5) is 33.7. The summed E-state index contributed by atoms with van der Waals surface area (Å²) in [6, 6.07) is 13.6. The van der Waals surface area contributed by atoms with Gasteiger partial charge in [0, 0.05) is 22.3 Å². The molecule has 2 aromatic carbocycles. The van der Waals surface area contributed by atoms with Gasteiger partial charge in [0.1, 0.15) is 5.82 Å². The van der Waals surface area contributed by atoms with E-state index in [2.05, 4.69) is 15.3 Å². The molecule has 3 aromatic rings. The van der Waals surface area contributed by atoms with E-state index in [-0.39, 0.29) is 11.7 Å². The van der Waals surface area contributed by atoms with Gasteiger partial charge in [-0.05, 0) is 32.0 Å². The molecule has 0 aliphatic rings. The molecule has 1 amide bonds. The van der Waals surface area contributed by atoms with Gasteiger partial charge in [0.15, 0.2) is 5.78 Å². The van der Waals surface area contributed by atoms with Crippen molar-refractivity contribution in [2.45, 2.75) is 13.8 Å². The van der Waals surface area contributed by atoms with Gasteiger partial charge in [0.05, 0.1) is 16.9 Å². The number of anilines is 1. The maximum absolute atomic E-state index is 12.8. The summed E-state index contributed by atoms with van der Waals surface area (Å²) < 4.78 is 0. The van der Waals surface area contributed by atoms with Crippen LogP contribution in [0.2, 0.25) is 5.02 Å². The van der Waals surface area contributed by atoms with Gasteiger partial charge in [-0.1, -0.05) is 41.9 Å². The number of hydrogen-bond donors (Lipinski definition) is 1. The van der Waals surface area contributed by atoms with Crippen LogP contribution in [-0.2, 0) is 0 Å². The molecule has 0 atom stereocenters. The second-order valence-corrected chi connectivity index (χ2v) is 6.19. The number of hydrogen-bond acceptors (Lipinski definition) is 4. The molecular weight excluding hydrogens is 350 g/mol. The lowest BCUT2D eigenvalue weighted by Gasteiger charge is -2.12. The fraction of sp³-hybridized carbons (Fsp3) is 0.100. The van der Waals surface area contributed by atoms with Crippen molar-refractivity contribution in [3.63, 3.8) is 0 Å². The zero-order valence-electron chi connectivity index (χ0n) is 14.3. The Labute approximate surface area is 156 Å². The molecule has 130 valence electrons. The zero-order valence-corrected chi connectivity index (χ0v) is 15.0. The van der Waals surface area contributed by atoms with Gasteiger partial charge < -0.3 is 5.32 Å². The molecule has 0 unspecified atom stereocenters. The van der Waals surface area contributed by atoms with Crippen LogP contribution in [0, 0.1) is 13.8 Å². The highest BCUT2D eigenvalue weighted by molar-refractivity contribution is 6.31. The minimum Gasteiger partial charge on any atom is -0.321 e. The van der Waals surface area contributed by atoms with E-state index in [1.165, 1.54) is 6.20 Å². The van der Waals surface area contributed by atoms with E-state index in [1.54, 1.807) is 56.3 Å². The number of rotatable bonds is 4. The Balaban J connectivity index is 1.95. The van der Waals surface area contributed by atoms with Gasteiger partial charge in [-0.25, -0.2) is 9.97 Å². The van der Waals surface area contributed by atoms with E-state index in [4.69, 9.17) is 11.6 Å². The fourth-order valence-electron chi connectivity index (χ4n) is 2.55. The van der Waals surface area contributed by atoms with Gasteiger partial charge >= 0.3 is 0 Å². The number of amides is 1. The molecule has 26 heavy (non-hydrogen) atoms. The molecule has 0 fully saturated rings. The summed E-state index contributed by atoms with van der Waals surface area (Å²) in [6.07, 6.45) is 1.47. The van der Waals surface area contributed by atoms with Crippen LogP contribution in [-0.4, -0.2) is 21.7 Å². The predicted molar refractivity (Wildman–Crippen MR) is 101 cm³/mol. The van der Waals surface area contributed by atoms with E-state index >= 15 is 0 Å². The normalized spacial score (nSPS) is 10.4. The Morgan fingerprint density at radius 1 is 1.00 bits per heavy atom. The first kappa shape index (κ1) is 17.8. The number of carbonyl (C=O) groups is 2. The first-order valence-electron chi connectivity index (χ1n) is 7.96. The maximum Gasteiger partial charge on any atom is 0.259 e. The van der Waals surface area contributed by atoms with E-state index < -0.39 is 0 Å². The molecule has 0 saturated carbocycles. The highest BCUT2D eigenvalue weighted by Gasteiger charge is 2.18. The summed E-state index contributed by atoms with van der Waals surface area (Å²) in [5.74, 6) is -0.0160. The van der Waals surface area contributed by atoms with Gasteiger partial charge in [0.25, 0.3) is 5.91 Å². The van der Waals surface area contributed by atoms with Crippen molar-refractivity contribution in [3.05, 3.63) is 88.0 Å². The Bertz CT molecular complexity index is 988. The van der Waals surface area contributed by atoms with Gasteiger partial charge in [-0.3, -0.25) is 9.59 Å². The van der Waals surface area contributed by atoms with Crippen LogP contribution in [0.5, 0.6) is 0 Å². The lowest BCUT2D eigenvalue weighted by Crippen LogP contribution is -2.17. The molecule has 1 N–H and O–H groups in total. The van der Waals surface area contributed by atoms with Crippen LogP contribution >= 0.6 is 11.6 Å². The van der Waals surface area contributed by atoms with Crippen LogP contribution in [0.15, 0.2) is 54.7 Å². The summed E-state index contributed by atoms with van der Waals surface area (Å²) in [5.41, 5.74) is 2.14. The van der Waals surface area contributed by atoms with Crippen LogP contribution in [0.3, 0.4) is 0 Å². The number of nitrogens with one attached hydrogen (secondary N) is 1. The highest BCUT2D eigenvalue weighted by atomic mass is 35.5. The number of halogens is 1. The molecule has 1 heterocycles. The first-order valence-corrected chi connectivity index (χ1v) is 8.34. The number of aryl methyl sites for hydroxylation is 2. The second-order valence-electron chi connectivity index (χ2n) is 5.76. The number of nitrogens with zero attached hydrogens (tertiary/aromatic N) is 2. The average molecular weight is 366 g/mol. The summed E-state index contributed by atoms with van der Waals surface area (Å²) in [6.45, 7) is 3.49. The maximum atomic E-state index is 12.8. The summed E-state index contributed by atoms with van der Waals surface area (Å²) >= 11 is 6.06. The third-order valence-corrected chi connectivity index (χ3v) is 4.09. The van der Waals surface area contributed by atoms with Crippen molar-refractivity contribution >= 4 is 29.0 Å². The standard InChI is InChI=1S/C20H16ClN3O2/c1-12-17(11-22-13(2)23-12)20(26)24-18-9-8-15(21)10-16(18)19(25)14-6-4-3-5-7-14/h3-11H,1-2H3,(H,24,26). The van der Waals surface area contributed by atoms with Crippen molar-refractivity contribution in [2.24, 2.45) is 0 Å². The Morgan fingerprint density at radius 2 is 1.73 bits per heavy atom. The molecule has 0 spiro atoms. The quantitative estimate of drug-likeness (QED) is 0.702. The lowest BCUT2D eigenvalue weighted by molar-refractivity contribution is 0.102. The molecule has 6 heteroatoms. The Hall–Kier alpha value is -3.05. The predicted octanol–water partition coefficient (Wildman–Crippen LogP) is 4.23. The van der Waals surface area contributed by atoms with Crippen LogP contribution in [0.4, 0.5) is 5.69 Å². The fourth-order valence-corrected chi connectivity index (χ4v) is 2.73. The number of ketones is 1. The number of carbonyl (C=O) groups excluding carboxylic acids is 2. The molecule has 0 aliphatic heterocycles. The summed E-state index contributed by atoms with van der Waals surface area (Å²) in [7, 11) is 0. The monoisotopic (exact) mass is 365 g/mol. The lowest BCUT2D eigenvalue weighted by atomic mass is 10.0. The molecule has 0 aliphatic carbocycles. The molecule has 5 nitrogen and oxygen atoms in total. The topological polar surface area (TPSA) is 72.0 Å². The largest absolute Gasteiger partial charge is 0.321 e. The molecule has 1 aromatic heterocycles. The van der Waals surface area contributed by atoms with Crippen molar-refractivity contribution in [1.29, 1.82) is 0 Å². The average Bonchev–Trinajstić information content (AvgIpc) is 2.63. The molecular formula is C20H16ClN3O2. The smallest absolute Gasteiger partial charge is 0.259 e. The van der Waals surface area contributed by atoms with Crippen molar-refractivity contribution < 1.29 is 9.59 Å². The zero-order chi connectivity index (χ0) is 18.7. The Morgan fingerprint density at radius 3 is 2.42 bits per heavy atom. The highest BCUT2D eigenvalue weighted by Crippen LogP contribution is 2.24. The van der Waals surface area contributed by atoms with Crippen LogP contribution in [0.1, 0.15) is 37.8 Å². The third kappa shape index (κ3) is 3.78. The second kappa shape index (κ2) is 7.45. The summed E-state index contributed by atoms with van der Waals surface area (Å²) in [5, 5.41) is 3.18. The van der Waals surface area contributed by atoms with Crippen molar-refractivity contribution in [3.8, 4) is 0 Å². The SMILES string of the molecule is Cc1ncc(C(=O)Nc2ccc(Cl)cc2C(=O)c2ccccc2)c(C)n1. The van der Waals surface area contributed by atoms with Gasteiger partial charge in [0.2, 0.25) is 0 Å². The molecule has 3 rings (SSSR count). The molecule has 0 saturated heterocycles. The van der Waals surface area contributed by atoms with Crippen LogP contribution in [0.25, 0.3) is 0 Å². The van der Waals surface area contributed by atoms with Gasteiger partial charge in [-0.15, -0.1) is 0 Å². The van der Waals surface area contributed by atoms with Crippen molar-refractivity contribution in [2.75, 3.05) is 5.32 Å². The van der Waals surface area contributed by atoms with E-state index in [0.717, 1.165) is 0 Å². The van der Waals surface area contributed by atoms with E-state index in [0.29, 0.717) is 38.9 Å².